The minimum atomic E-state index is -0.229. The molecule has 1 N–H and O–H groups in total. The number of hydrogen-bond acceptors (Lipinski definition) is 4. The Hall–Kier alpha value is -2.96. The van der Waals surface area contributed by atoms with Crippen molar-refractivity contribution in [2.75, 3.05) is 6.54 Å². The quantitative estimate of drug-likeness (QED) is 0.775. The van der Waals surface area contributed by atoms with E-state index >= 15 is 0 Å². The molecule has 1 amide bonds. The van der Waals surface area contributed by atoms with E-state index in [0.29, 0.717) is 18.8 Å². The van der Waals surface area contributed by atoms with Gasteiger partial charge < -0.3 is 5.32 Å². The fourth-order valence-electron chi connectivity index (χ4n) is 2.75. The van der Waals surface area contributed by atoms with Crippen molar-refractivity contribution in [1.82, 2.24) is 30.1 Å². The van der Waals surface area contributed by atoms with Gasteiger partial charge >= 0.3 is 0 Å². The van der Waals surface area contributed by atoms with Crippen LogP contribution in [-0.2, 0) is 13.6 Å². The molecule has 24 heavy (non-hydrogen) atoms. The van der Waals surface area contributed by atoms with E-state index in [-0.39, 0.29) is 5.91 Å². The number of aryl methyl sites for hydroxylation is 2. The molecule has 0 bridgehead atoms. The molecular formula is C17H20N6O. The summed E-state index contributed by atoms with van der Waals surface area (Å²) in [5, 5.41) is 15.0. The third-order valence-corrected chi connectivity index (χ3v) is 3.89. The van der Waals surface area contributed by atoms with Gasteiger partial charge in [-0.05, 0) is 19.4 Å². The largest absolute Gasteiger partial charge is 0.349 e. The van der Waals surface area contributed by atoms with Gasteiger partial charge in [0.05, 0.1) is 18.4 Å². The fourth-order valence-corrected chi connectivity index (χ4v) is 2.75. The summed E-state index contributed by atoms with van der Waals surface area (Å²) in [4.78, 5) is 12.0. The molecule has 0 aliphatic rings. The van der Waals surface area contributed by atoms with Gasteiger partial charge in [-0.15, -0.1) is 5.10 Å². The molecule has 0 saturated heterocycles. The van der Waals surface area contributed by atoms with Crippen LogP contribution in [0.5, 0.6) is 0 Å². The summed E-state index contributed by atoms with van der Waals surface area (Å²) < 4.78 is 3.43. The molecule has 3 rings (SSSR count). The summed E-state index contributed by atoms with van der Waals surface area (Å²) in [7, 11) is 1.73. The lowest BCUT2D eigenvalue weighted by molar-refractivity contribution is 0.0946. The number of carbonyl (C=O) groups excluding carboxylic acids is 1. The Kier molecular flexibility index (Phi) is 4.41. The second-order valence-electron chi connectivity index (χ2n) is 5.67. The molecule has 0 aliphatic heterocycles. The molecule has 7 heteroatoms. The number of nitrogens with zero attached hydrogens (tertiary/aromatic N) is 5. The summed E-state index contributed by atoms with van der Waals surface area (Å²) in [5.74, 6) is -0.229. The van der Waals surface area contributed by atoms with Crippen LogP contribution in [0.1, 0.15) is 21.9 Å². The van der Waals surface area contributed by atoms with Crippen molar-refractivity contribution in [3.05, 3.63) is 53.6 Å². The first kappa shape index (κ1) is 15.9. The number of benzene rings is 1. The third-order valence-electron chi connectivity index (χ3n) is 3.89. The van der Waals surface area contributed by atoms with Gasteiger partial charge in [-0.2, -0.15) is 5.10 Å². The highest BCUT2D eigenvalue weighted by atomic mass is 16.2. The van der Waals surface area contributed by atoms with Crippen LogP contribution in [0.15, 0.2) is 36.5 Å². The normalized spacial score (nSPS) is 10.8. The van der Waals surface area contributed by atoms with Gasteiger partial charge in [-0.1, -0.05) is 35.5 Å². The van der Waals surface area contributed by atoms with Crippen LogP contribution in [-0.4, -0.2) is 37.2 Å². The summed E-state index contributed by atoms with van der Waals surface area (Å²) >= 11 is 0. The van der Waals surface area contributed by atoms with Crippen LogP contribution in [0.2, 0.25) is 0 Å². The van der Waals surface area contributed by atoms with Crippen LogP contribution in [0, 0.1) is 13.8 Å². The van der Waals surface area contributed by atoms with Crippen molar-refractivity contribution in [3.8, 4) is 11.1 Å². The molecule has 3 aromatic rings. The minimum Gasteiger partial charge on any atom is -0.349 e. The van der Waals surface area contributed by atoms with Crippen molar-refractivity contribution in [2.24, 2.45) is 7.05 Å². The van der Waals surface area contributed by atoms with Crippen molar-refractivity contribution < 1.29 is 4.79 Å². The van der Waals surface area contributed by atoms with Gasteiger partial charge in [0.1, 0.15) is 0 Å². The molecule has 0 fully saturated rings. The monoisotopic (exact) mass is 324 g/mol. The van der Waals surface area contributed by atoms with E-state index < -0.39 is 0 Å². The first-order valence-corrected chi connectivity index (χ1v) is 7.80. The zero-order valence-corrected chi connectivity index (χ0v) is 14.0. The highest BCUT2D eigenvalue weighted by Gasteiger charge is 2.14. The Labute approximate surface area is 140 Å². The molecule has 124 valence electrons. The van der Waals surface area contributed by atoms with E-state index in [0.717, 1.165) is 22.5 Å². The predicted octanol–water partition coefficient (Wildman–Crippen LogP) is 1.73. The van der Waals surface area contributed by atoms with Crippen molar-refractivity contribution >= 4 is 5.91 Å². The standard InChI is InChI=1S/C17H20N6O/c1-12-16(14-7-5-4-6-8-14)13(2)23(20-12)10-9-18-17(24)15-11-22(3)21-19-15/h4-8,11H,9-10H2,1-3H3,(H,18,24). The van der Waals surface area contributed by atoms with Gasteiger partial charge in [0.25, 0.3) is 5.91 Å². The Balaban J connectivity index is 1.67. The summed E-state index contributed by atoms with van der Waals surface area (Å²) in [6.45, 7) is 5.13. The maximum Gasteiger partial charge on any atom is 0.273 e. The van der Waals surface area contributed by atoms with Crippen LogP contribution in [0.4, 0.5) is 0 Å². The molecule has 0 atom stereocenters. The van der Waals surface area contributed by atoms with E-state index in [1.165, 1.54) is 4.68 Å². The molecule has 1 aromatic carbocycles. The Morgan fingerprint density at radius 2 is 1.96 bits per heavy atom. The lowest BCUT2D eigenvalue weighted by Gasteiger charge is -2.06. The predicted molar refractivity (Wildman–Crippen MR) is 90.5 cm³/mol. The molecule has 0 radical (unpaired) electrons. The van der Waals surface area contributed by atoms with Gasteiger partial charge in [0.2, 0.25) is 0 Å². The average Bonchev–Trinajstić information content (AvgIpc) is 3.12. The lowest BCUT2D eigenvalue weighted by Crippen LogP contribution is -2.28. The summed E-state index contributed by atoms with van der Waals surface area (Å²) in [6.07, 6.45) is 1.59. The van der Waals surface area contributed by atoms with Gasteiger partial charge in [0.15, 0.2) is 5.69 Å². The van der Waals surface area contributed by atoms with E-state index in [1.54, 1.807) is 13.2 Å². The van der Waals surface area contributed by atoms with Crippen LogP contribution in [0.25, 0.3) is 11.1 Å². The number of rotatable bonds is 5. The van der Waals surface area contributed by atoms with E-state index in [4.69, 9.17) is 0 Å². The molecule has 7 nitrogen and oxygen atoms in total. The van der Waals surface area contributed by atoms with E-state index in [1.807, 2.05) is 36.7 Å². The highest BCUT2D eigenvalue weighted by Crippen LogP contribution is 2.26. The van der Waals surface area contributed by atoms with Crippen molar-refractivity contribution in [1.29, 1.82) is 0 Å². The number of carbonyl (C=O) groups is 1. The zero-order valence-electron chi connectivity index (χ0n) is 14.0. The highest BCUT2D eigenvalue weighted by molar-refractivity contribution is 5.91. The second-order valence-corrected chi connectivity index (χ2v) is 5.67. The zero-order chi connectivity index (χ0) is 17.1. The van der Waals surface area contributed by atoms with Crippen LogP contribution in [0.3, 0.4) is 0 Å². The van der Waals surface area contributed by atoms with Gasteiger partial charge in [-0.3, -0.25) is 14.2 Å². The maximum absolute atomic E-state index is 12.0. The Bertz CT molecular complexity index is 849. The van der Waals surface area contributed by atoms with E-state index in [9.17, 15) is 4.79 Å². The summed E-state index contributed by atoms with van der Waals surface area (Å²) in [6, 6.07) is 10.2. The van der Waals surface area contributed by atoms with Gasteiger partial charge in [0, 0.05) is 24.8 Å². The third kappa shape index (κ3) is 3.19. The van der Waals surface area contributed by atoms with Crippen LogP contribution < -0.4 is 5.32 Å². The van der Waals surface area contributed by atoms with Gasteiger partial charge in [-0.25, -0.2) is 0 Å². The number of amides is 1. The van der Waals surface area contributed by atoms with Crippen molar-refractivity contribution in [3.63, 3.8) is 0 Å². The molecule has 0 aliphatic carbocycles. The molecular weight excluding hydrogens is 304 g/mol. The topological polar surface area (TPSA) is 77.6 Å². The van der Waals surface area contributed by atoms with Crippen LogP contribution >= 0.6 is 0 Å². The number of nitrogens with one attached hydrogen (secondary N) is 1. The maximum atomic E-state index is 12.0. The minimum absolute atomic E-state index is 0.229. The first-order valence-electron chi connectivity index (χ1n) is 7.80. The fraction of sp³-hybridized carbons (Fsp3) is 0.294. The SMILES string of the molecule is Cc1nn(CCNC(=O)c2cn(C)nn2)c(C)c1-c1ccccc1. The summed E-state index contributed by atoms with van der Waals surface area (Å²) in [5.41, 5.74) is 4.69. The Morgan fingerprint density at radius 3 is 2.62 bits per heavy atom. The Morgan fingerprint density at radius 1 is 1.21 bits per heavy atom. The molecule has 0 unspecified atom stereocenters. The number of hydrogen-bond donors (Lipinski definition) is 1. The molecule has 2 aromatic heterocycles. The average molecular weight is 324 g/mol. The van der Waals surface area contributed by atoms with E-state index in [2.05, 4.69) is 32.9 Å². The lowest BCUT2D eigenvalue weighted by atomic mass is 10.0. The molecule has 2 heterocycles. The molecule has 0 spiro atoms. The molecule has 0 saturated carbocycles. The number of aromatic nitrogens is 5. The second kappa shape index (κ2) is 6.66. The first-order chi connectivity index (χ1) is 11.6. The van der Waals surface area contributed by atoms with Crippen molar-refractivity contribution in [2.45, 2.75) is 20.4 Å². The smallest absolute Gasteiger partial charge is 0.273 e.